The van der Waals surface area contributed by atoms with Crippen LogP contribution in [-0.4, -0.2) is 28.6 Å². The molecule has 1 atom stereocenters. The topological polar surface area (TPSA) is 40.5 Å². The van der Waals surface area contributed by atoms with E-state index in [0.717, 1.165) is 22.9 Å². The Labute approximate surface area is 110 Å². The highest BCUT2D eigenvalue weighted by Gasteiger charge is 2.34. The van der Waals surface area contributed by atoms with Crippen LogP contribution in [0.4, 0.5) is 0 Å². The van der Waals surface area contributed by atoms with Gasteiger partial charge in [0.25, 0.3) is 0 Å². The molecule has 1 aliphatic carbocycles. The molecule has 3 nitrogen and oxygen atoms in total. The number of carboxylic acid groups (broad SMARTS) is 1. The fourth-order valence-corrected chi connectivity index (χ4v) is 2.75. The van der Waals surface area contributed by atoms with Crippen LogP contribution >= 0.6 is 15.9 Å². The molecule has 0 bridgehead atoms. The third-order valence-corrected chi connectivity index (χ3v) is 3.91. The van der Waals surface area contributed by atoms with E-state index in [-0.39, 0.29) is 12.6 Å². The first kappa shape index (κ1) is 12.6. The van der Waals surface area contributed by atoms with Crippen molar-refractivity contribution in [3.8, 4) is 0 Å². The fraction of sp³-hybridized carbons (Fsp3) is 0.462. The molecule has 0 radical (unpaired) electrons. The molecule has 0 saturated heterocycles. The summed E-state index contributed by atoms with van der Waals surface area (Å²) in [6.07, 6.45) is 2.23. The van der Waals surface area contributed by atoms with Gasteiger partial charge < -0.3 is 5.11 Å². The van der Waals surface area contributed by atoms with Crippen LogP contribution in [0.25, 0.3) is 0 Å². The normalized spacial score (nSPS) is 17.1. The minimum Gasteiger partial charge on any atom is -0.480 e. The van der Waals surface area contributed by atoms with Crippen molar-refractivity contribution >= 4 is 21.9 Å². The zero-order valence-corrected chi connectivity index (χ0v) is 11.4. The number of nitrogens with zero attached hydrogens (tertiary/aromatic N) is 1. The number of benzene rings is 1. The summed E-state index contributed by atoms with van der Waals surface area (Å²) in [7, 11) is 0. The third-order valence-electron chi connectivity index (χ3n) is 3.19. The second-order valence-electron chi connectivity index (χ2n) is 4.49. The van der Waals surface area contributed by atoms with E-state index in [1.54, 1.807) is 0 Å². The second-order valence-corrected chi connectivity index (χ2v) is 5.35. The number of hydrogen-bond donors (Lipinski definition) is 1. The van der Waals surface area contributed by atoms with Crippen molar-refractivity contribution in [2.75, 3.05) is 6.54 Å². The zero-order chi connectivity index (χ0) is 12.4. The quantitative estimate of drug-likeness (QED) is 0.908. The lowest BCUT2D eigenvalue weighted by molar-refractivity contribution is -0.139. The Bertz CT molecular complexity index is 418. The van der Waals surface area contributed by atoms with E-state index in [1.165, 1.54) is 0 Å². The molecule has 0 spiro atoms. The molecule has 0 heterocycles. The van der Waals surface area contributed by atoms with Crippen LogP contribution in [0.1, 0.15) is 31.4 Å². The van der Waals surface area contributed by atoms with Crippen molar-refractivity contribution in [3.05, 3.63) is 34.3 Å². The van der Waals surface area contributed by atoms with E-state index >= 15 is 0 Å². The number of carboxylic acids is 1. The molecular formula is C13H16BrNO2. The van der Waals surface area contributed by atoms with Gasteiger partial charge in [0.15, 0.2) is 0 Å². The Kier molecular flexibility index (Phi) is 3.84. The number of aliphatic carboxylic acids is 1. The lowest BCUT2D eigenvalue weighted by Crippen LogP contribution is -2.34. The van der Waals surface area contributed by atoms with Gasteiger partial charge in [-0.1, -0.05) is 34.1 Å². The monoisotopic (exact) mass is 297 g/mol. The van der Waals surface area contributed by atoms with Gasteiger partial charge in [0.2, 0.25) is 0 Å². The maximum Gasteiger partial charge on any atom is 0.317 e. The zero-order valence-electron chi connectivity index (χ0n) is 9.77. The Morgan fingerprint density at radius 2 is 2.18 bits per heavy atom. The van der Waals surface area contributed by atoms with Gasteiger partial charge in [-0.15, -0.1) is 0 Å². The summed E-state index contributed by atoms with van der Waals surface area (Å²) >= 11 is 3.53. The van der Waals surface area contributed by atoms with Crippen molar-refractivity contribution in [2.24, 2.45) is 0 Å². The highest BCUT2D eigenvalue weighted by Crippen LogP contribution is 2.36. The van der Waals surface area contributed by atoms with Gasteiger partial charge >= 0.3 is 5.97 Å². The average Bonchev–Trinajstić information content (AvgIpc) is 3.09. The van der Waals surface area contributed by atoms with Gasteiger partial charge in [0.05, 0.1) is 6.54 Å². The smallest absolute Gasteiger partial charge is 0.317 e. The van der Waals surface area contributed by atoms with Crippen LogP contribution in [0.2, 0.25) is 0 Å². The molecule has 1 N–H and O–H groups in total. The van der Waals surface area contributed by atoms with E-state index in [1.807, 2.05) is 24.3 Å². The molecule has 1 aliphatic rings. The largest absolute Gasteiger partial charge is 0.480 e. The molecule has 1 unspecified atom stereocenters. The Hall–Kier alpha value is -0.870. The SMILES string of the molecule is CC(c1ccccc1Br)N(CC(=O)O)C1CC1. The molecule has 4 heteroatoms. The van der Waals surface area contributed by atoms with E-state index in [2.05, 4.69) is 27.8 Å². The molecule has 1 fully saturated rings. The van der Waals surface area contributed by atoms with Gasteiger partial charge in [0.1, 0.15) is 0 Å². The summed E-state index contributed by atoms with van der Waals surface area (Å²) in [5, 5.41) is 8.97. The van der Waals surface area contributed by atoms with E-state index < -0.39 is 5.97 Å². The highest BCUT2D eigenvalue weighted by atomic mass is 79.9. The molecule has 2 rings (SSSR count). The van der Waals surface area contributed by atoms with Crippen LogP contribution in [0.3, 0.4) is 0 Å². The molecule has 1 saturated carbocycles. The van der Waals surface area contributed by atoms with Gasteiger partial charge in [-0.25, -0.2) is 0 Å². The summed E-state index contributed by atoms with van der Waals surface area (Å²) in [5.74, 6) is -0.754. The number of rotatable bonds is 5. The minimum absolute atomic E-state index is 0.118. The average molecular weight is 298 g/mol. The van der Waals surface area contributed by atoms with Crippen molar-refractivity contribution in [1.29, 1.82) is 0 Å². The fourth-order valence-electron chi connectivity index (χ4n) is 2.14. The molecular weight excluding hydrogens is 282 g/mol. The van der Waals surface area contributed by atoms with E-state index in [9.17, 15) is 4.79 Å². The van der Waals surface area contributed by atoms with Crippen molar-refractivity contribution in [3.63, 3.8) is 0 Å². The first-order chi connectivity index (χ1) is 8.09. The van der Waals surface area contributed by atoms with Crippen molar-refractivity contribution in [2.45, 2.75) is 31.8 Å². The molecule has 1 aromatic carbocycles. The maximum absolute atomic E-state index is 10.9. The highest BCUT2D eigenvalue weighted by molar-refractivity contribution is 9.10. The van der Waals surface area contributed by atoms with Gasteiger partial charge in [0, 0.05) is 16.6 Å². The van der Waals surface area contributed by atoms with E-state index in [4.69, 9.17) is 5.11 Å². The second kappa shape index (κ2) is 5.19. The minimum atomic E-state index is -0.754. The van der Waals surface area contributed by atoms with Crippen molar-refractivity contribution < 1.29 is 9.90 Å². The lowest BCUT2D eigenvalue weighted by atomic mass is 10.1. The molecule has 92 valence electrons. The van der Waals surface area contributed by atoms with Crippen molar-refractivity contribution in [1.82, 2.24) is 4.90 Å². The standard InChI is InChI=1S/C13H16BrNO2/c1-9(11-4-2-3-5-12(11)14)15(8-13(16)17)10-6-7-10/h2-5,9-10H,6-8H2,1H3,(H,16,17). The predicted octanol–water partition coefficient (Wildman–Crippen LogP) is 3.06. The first-order valence-electron chi connectivity index (χ1n) is 5.81. The summed E-state index contributed by atoms with van der Waals surface area (Å²) < 4.78 is 1.04. The number of carbonyl (C=O) groups is 1. The summed E-state index contributed by atoms with van der Waals surface area (Å²) in [4.78, 5) is 13.0. The molecule has 0 amide bonds. The number of hydrogen-bond acceptors (Lipinski definition) is 2. The van der Waals surface area contributed by atoms with Gasteiger partial charge in [-0.05, 0) is 31.4 Å². The maximum atomic E-state index is 10.9. The van der Waals surface area contributed by atoms with Gasteiger partial charge in [-0.2, -0.15) is 0 Å². The van der Waals surface area contributed by atoms with Crippen LogP contribution in [0, 0.1) is 0 Å². The number of halogens is 1. The summed E-state index contributed by atoms with van der Waals surface area (Å²) in [6, 6.07) is 8.58. The van der Waals surface area contributed by atoms with Crippen LogP contribution in [0.15, 0.2) is 28.7 Å². The molecule has 0 aliphatic heterocycles. The Balaban J connectivity index is 2.18. The summed E-state index contributed by atoms with van der Waals surface area (Å²) in [5.41, 5.74) is 1.15. The van der Waals surface area contributed by atoms with Gasteiger partial charge in [-0.3, -0.25) is 9.69 Å². The van der Waals surface area contributed by atoms with E-state index in [0.29, 0.717) is 6.04 Å². The first-order valence-corrected chi connectivity index (χ1v) is 6.61. The molecule has 17 heavy (non-hydrogen) atoms. The molecule has 1 aromatic rings. The molecule has 0 aromatic heterocycles. The van der Waals surface area contributed by atoms with Crippen LogP contribution in [0.5, 0.6) is 0 Å². The van der Waals surface area contributed by atoms with Crippen LogP contribution < -0.4 is 0 Å². The summed E-state index contributed by atoms with van der Waals surface area (Å²) in [6.45, 7) is 2.19. The lowest BCUT2D eigenvalue weighted by Gasteiger charge is -2.28. The Morgan fingerprint density at radius 1 is 1.53 bits per heavy atom. The van der Waals surface area contributed by atoms with Crippen LogP contribution in [-0.2, 0) is 4.79 Å². The predicted molar refractivity (Wildman–Crippen MR) is 69.9 cm³/mol. The third kappa shape index (κ3) is 3.07. The Morgan fingerprint density at radius 3 is 2.71 bits per heavy atom.